The van der Waals surface area contributed by atoms with E-state index in [1.807, 2.05) is 23.1 Å². The largest absolute Gasteiger partial charge is 0.493 e. The number of ether oxygens (including phenoxy) is 2. The molecule has 2 aliphatic rings. The third-order valence-corrected chi connectivity index (χ3v) is 7.31. The molecule has 2 atom stereocenters. The van der Waals surface area contributed by atoms with Gasteiger partial charge in [0.25, 0.3) is 5.91 Å². The number of rotatable bonds is 3. The molecule has 1 amide bonds. The molecule has 0 bridgehead atoms. The molecule has 150 valence electrons. The van der Waals surface area contributed by atoms with Crippen LogP contribution in [0.25, 0.3) is 10.9 Å². The van der Waals surface area contributed by atoms with Crippen molar-refractivity contribution in [2.24, 2.45) is 0 Å². The minimum atomic E-state index is -0.147. The Bertz CT molecular complexity index is 1290. The molecule has 4 heterocycles. The Balaban J connectivity index is 1.64. The van der Waals surface area contributed by atoms with Gasteiger partial charge in [0.1, 0.15) is 0 Å². The van der Waals surface area contributed by atoms with Gasteiger partial charge >= 0.3 is 0 Å². The molecule has 0 saturated heterocycles. The number of hydrogen-bond donors (Lipinski definition) is 1. The Morgan fingerprint density at radius 3 is 2.70 bits per heavy atom. The van der Waals surface area contributed by atoms with E-state index in [4.69, 9.17) is 9.47 Å². The zero-order chi connectivity index (χ0) is 20.4. The number of amides is 1. The van der Waals surface area contributed by atoms with Crippen LogP contribution >= 0.6 is 11.3 Å². The fourth-order valence-corrected chi connectivity index (χ4v) is 5.93. The molecule has 5 nitrogen and oxygen atoms in total. The lowest BCUT2D eigenvalue weighted by Gasteiger charge is -2.35. The van der Waals surface area contributed by atoms with Crippen molar-refractivity contribution in [3.05, 3.63) is 81.2 Å². The molecule has 30 heavy (non-hydrogen) atoms. The van der Waals surface area contributed by atoms with Gasteiger partial charge in [-0.3, -0.25) is 4.79 Å². The number of thiophene rings is 1. The van der Waals surface area contributed by atoms with E-state index in [2.05, 4.69) is 40.7 Å². The fourth-order valence-electron chi connectivity index (χ4n) is 5.10. The van der Waals surface area contributed by atoms with Crippen molar-refractivity contribution in [2.45, 2.75) is 12.0 Å². The van der Waals surface area contributed by atoms with Crippen molar-refractivity contribution in [3.63, 3.8) is 0 Å². The summed E-state index contributed by atoms with van der Waals surface area (Å²) in [5, 5.41) is 3.33. The summed E-state index contributed by atoms with van der Waals surface area (Å²) in [6, 6.07) is 16.4. The van der Waals surface area contributed by atoms with Crippen LogP contribution < -0.4 is 9.47 Å². The van der Waals surface area contributed by atoms with E-state index in [9.17, 15) is 4.79 Å². The average molecular weight is 417 g/mol. The summed E-state index contributed by atoms with van der Waals surface area (Å²) in [7, 11) is 3.19. The van der Waals surface area contributed by atoms with Crippen LogP contribution in [0.15, 0.2) is 53.9 Å². The first-order chi connectivity index (χ1) is 14.7. The lowest BCUT2D eigenvalue weighted by molar-refractivity contribution is 0.0725. The molecule has 0 radical (unpaired) electrons. The molecular formula is C24H20N2O3S. The summed E-state index contributed by atoms with van der Waals surface area (Å²) in [6.45, 7) is 0.638. The van der Waals surface area contributed by atoms with Crippen molar-refractivity contribution in [3.8, 4) is 11.5 Å². The van der Waals surface area contributed by atoms with E-state index in [-0.39, 0.29) is 17.9 Å². The summed E-state index contributed by atoms with van der Waals surface area (Å²) < 4.78 is 11.1. The van der Waals surface area contributed by atoms with Gasteiger partial charge in [0.05, 0.1) is 25.8 Å². The number of carbonyl (C=O) groups is 1. The quantitative estimate of drug-likeness (QED) is 0.515. The first-order valence-electron chi connectivity index (χ1n) is 9.92. The number of aromatic nitrogens is 1. The van der Waals surface area contributed by atoms with Crippen molar-refractivity contribution in [1.82, 2.24) is 9.88 Å². The van der Waals surface area contributed by atoms with E-state index in [0.29, 0.717) is 23.6 Å². The number of methoxy groups -OCH3 is 2. The molecule has 4 aromatic rings. The third-order valence-electron chi connectivity index (χ3n) is 6.32. The van der Waals surface area contributed by atoms with Crippen LogP contribution in [0.5, 0.6) is 11.5 Å². The number of para-hydroxylation sites is 1. The Morgan fingerprint density at radius 2 is 1.93 bits per heavy atom. The molecule has 6 rings (SSSR count). The molecule has 2 aromatic heterocycles. The lowest BCUT2D eigenvalue weighted by atomic mass is 9.86. The molecule has 0 unspecified atom stereocenters. The van der Waals surface area contributed by atoms with Gasteiger partial charge in [0.2, 0.25) is 0 Å². The maximum atomic E-state index is 13.6. The van der Waals surface area contributed by atoms with Crippen LogP contribution in [0.4, 0.5) is 0 Å². The van der Waals surface area contributed by atoms with Crippen LogP contribution in [-0.4, -0.2) is 36.6 Å². The third kappa shape index (κ3) is 2.20. The second-order valence-corrected chi connectivity index (χ2v) is 8.67. The van der Waals surface area contributed by atoms with Gasteiger partial charge < -0.3 is 19.4 Å². The van der Waals surface area contributed by atoms with Crippen molar-refractivity contribution >= 4 is 28.1 Å². The van der Waals surface area contributed by atoms with Gasteiger partial charge in [-0.15, -0.1) is 11.3 Å². The molecule has 2 aliphatic heterocycles. The van der Waals surface area contributed by atoms with Gasteiger partial charge in [-0.1, -0.05) is 30.3 Å². The summed E-state index contributed by atoms with van der Waals surface area (Å²) in [6.07, 6.45) is 0. The lowest BCUT2D eigenvalue weighted by Crippen LogP contribution is -2.37. The maximum Gasteiger partial charge on any atom is 0.259 e. The maximum absolute atomic E-state index is 13.6. The first kappa shape index (κ1) is 17.6. The second-order valence-electron chi connectivity index (χ2n) is 7.69. The minimum absolute atomic E-state index is 0.00314. The molecule has 0 spiro atoms. The van der Waals surface area contributed by atoms with Crippen LogP contribution in [0.2, 0.25) is 0 Å². The Kier molecular flexibility index (Phi) is 3.74. The zero-order valence-corrected chi connectivity index (χ0v) is 17.5. The molecule has 1 N–H and O–H groups in total. The van der Waals surface area contributed by atoms with Crippen LogP contribution in [0.1, 0.15) is 44.0 Å². The fraction of sp³-hybridized carbons (Fsp3) is 0.208. The second kappa shape index (κ2) is 6.37. The molecule has 6 heteroatoms. The highest BCUT2D eigenvalue weighted by molar-refractivity contribution is 7.10. The standard InChI is InChI=1S/C24H20N2O3S/c1-28-17-10-9-14-20(23(17)29-2)24(27)26-12-15(18-8-5-11-30-18)19-13-6-3-4-7-16(13)25-21(19)22(14)26/h3-11,15,22,25H,12H2,1-2H3/t15-,22+/m0/s1. The van der Waals surface area contributed by atoms with E-state index in [1.54, 1.807) is 25.6 Å². The minimum Gasteiger partial charge on any atom is -0.493 e. The van der Waals surface area contributed by atoms with Crippen molar-refractivity contribution in [1.29, 1.82) is 0 Å². The van der Waals surface area contributed by atoms with Crippen LogP contribution in [0, 0.1) is 0 Å². The SMILES string of the molecule is COc1ccc2c(c1OC)C(=O)N1C[C@@H](c3cccs3)c3c([nH]c4ccccc34)[C@@H]21. The predicted octanol–water partition coefficient (Wildman–Crippen LogP) is 4.94. The summed E-state index contributed by atoms with van der Waals surface area (Å²) in [4.78, 5) is 20.5. The van der Waals surface area contributed by atoms with Gasteiger partial charge in [-0.05, 0) is 34.7 Å². The highest BCUT2D eigenvalue weighted by Gasteiger charge is 2.47. The van der Waals surface area contributed by atoms with Crippen molar-refractivity contribution in [2.75, 3.05) is 20.8 Å². The number of benzene rings is 2. The molecule has 0 aliphatic carbocycles. The summed E-state index contributed by atoms with van der Waals surface area (Å²) in [5.41, 5.74) is 5.07. The molecular weight excluding hydrogens is 396 g/mol. The predicted molar refractivity (Wildman–Crippen MR) is 117 cm³/mol. The number of carbonyl (C=O) groups excluding carboxylic acids is 1. The number of H-pyrrole nitrogens is 1. The molecule has 2 aromatic carbocycles. The van der Waals surface area contributed by atoms with E-state index in [0.717, 1.165) is 16.8 Å². The monoisotopic (exact) mass is 416 g/mol. The Labute approximate surface area is 177 Å². The Hall–Kier alpha value is -3.25. The molecule has 0 saturated carbocycles. The number of nitrogens with zero attached hydrogens (tertiary/aromatic N) is 1. The normalized spacial score (nSPS) is 19.5. The highest BCUT2D eigenvalue weighted by atomic mass is 32.1. The summed E-state index contributed by atoms with van der Waals surface area (Å²) >= 11 is 1.74. The van der Waals surface area contributed by atoms with E-state index < -0.39 is 0 Å². The van der Waals surface area contributed by atoms with Crippen LogP contribution in [-0.2, 0) is 0 Å². The average Bonchev–Trinajstić information content (AvgIpc) is 3.50. The smallest absolute Gasteiger partial charge is 0.259 e. The van der Waals surface area contributed by atoms with Crippen LogP contribution in [0.3, 0.4) is 0 Å². The van der Waals surface area contributed by atoms with Gasteiger partial charge in [0, 0.05) is 33.9 Å². The topological polar surface area (TPSA) is 54.6 Å². The van der Waals surface area contributed by atoms with Gasteiger partial charge in [-0.2, -0.15) is 0 Å². The van der Waals surface area contributed by atoms with Gasteiger partial charge in [0.15, 0.2) is 11.5 Å². The van der Waals surface area contributed by atoms with Gasteiger partial charge in [-0.25, -0.2) is 0 Å². The van der Waals surface area contributed by atoms with E-state index in [1.165, 1.54) is 15.8 Å². The van der Waals surface area contributed by atoms with E-state index >= 15 is 0 Å². The number of hydrogen-bond acceptors (Lipinski definition) is 4. The first-order valence-corrected chi connectivity index (χ1v) is 10.8. The molecule has 0 fully saturated rings. The highest BCUT2D eigenvalue weighted by Crippen LogP contribution is 2.52. The zero-order valence-electron chi connectivity index (χ0n) is 16.6. The Morgan fingerprint density at radius 1 is 1.07 bits per heavy atom. The van der Waals surface area contributed by atoms with Crippen molar-refractivity contribution < 1.29 is 14.3 Å². The summed E-state index contributed by atoms with van der Waals surface area (Å²) in [5.74, 6) is 1.23. The number of nitrogens with one attached hydrogen (secondary N) is 1. The number of aromatic amines is 1. The number of fused-ring (bicyclic) bond motifs is 7.